The molecule has 1 aliphatic rings. The maximum Gasteiger partial charge on any atom is 0.223 e. The van der Waals surface area contributed by atoms with E-state index in [-0.39, 0.29) is 17.6 Å². The second kappa shape index (κ2) is 11.7. The zero-order valence-electron chi connectivity index (χ0n) is 18.0. The number of halogens is 2. The van der Waals surface area contributed by atoms with Gasteiger partial charge in [-0.1, -0.05) is 53.5 Å². The van der Waals surface area contributed by atoms with Gasteiger partial charge < -0.3 is 5.32 Å². The Labute approximate surface area is 204 Å². The van der Waals surface area contributed by atoms with E-state index < -0.39 is 10.0 Å². The number of nitrogens with one attached hydrogen (secondary N) is 1. The molecule has 1 N–H and O–H groups in total. The van der Waals surface area contributed by atoms with Gasteiger partial charge in [-0.3, -0.25) is 4.79 Å². The lowest BCUT2D eigenvalue weighted by Gasteiger charge is -2.30. The molecular formula is C23H28Cl2N2O3S2. The number of hydrogen-bond donors (Lipinski definition) is 1. The molecule has 0 spiro atoms. The van der Waals surface area contributed by atoms with Crippen LogP contribution in [0.3, 0.4) is 0 Å². The van der Waals surface area contributed by atoms with Crippen molar-refractivity contribution < 1.29 is 13.2 Å². The van der Waals surface area contributed by atoms with Crippen LogP contribution in [0.15, 0.2) is 42.5 Å². The number of rotatable bonds is 9. The fraction of sp³-hybridized carbons (Fsp3) is 0.435. The SMILES string of the molecule is Cc1ccccc1CS(=O)(=O)N1CCC(C(=O)NCCSCc2ccc(Cl)c(Cl)c2)CC1. The van der Waals surface area contributed by atoms with Crippen LogP contribution in [-0.4, -0.2) is 44.0 Å². The van der Waals surface area contributed by atoms with Gasteiger partial charge in [-0.05, 0) is 48.6 Å². The van der Waals surface area contributed by atoms with Gasteiger partial charge in [-0.15, -0.1) is 0 Å². The second-order valence-electron chi connectivity index (χ2n) is 7.95. The molecule has 0 radical (unpaired) electrons. The summed E-state index contributed by atoms with van der Waals surface area (Å²) >= 11 is 13.7. The lowest BCUT2D eigenvalue weighted by atomic mass is 9.97. The number of piperidine rings is 1. The molecule has 3 rings (SSSR count). The van der Waals surface area contributed by atoms with Crippen LogP contribution < -0.4 is 5.32 Å². The van der Waals surface area contributed by atoms with Crippen LogP contribution in [0, 0.1) is 12.8 Å². The molecule has 1 heterocycles. The average Bonchev–Trinajstić information content (AvgIpc) is 2.77. The lowest BCUT2D eigenvalue weighted by Crippen LogP contribution is -2.43. The van der Waals surface area contributed by atoms with Gasteiger partial charge in [0.05, 0.1) is 15.8 Å². The van der Waals surface area contributed by atoms with Gasteiger partial charge in [-0.25, -0.2) is 12.7 Å². The second-order valence-corrected chi connectivity index (χ2v) is 11.8. The Morgan fingerprint density at radius 2 is 1.84 bits per heavy atom. The Morgan fingerprint density at radius 3 is 2.53 bits per heavy atom. The first-order valence-electron chi connectivity index (χ1n) is 10.6. The minimum Gasteiger partial charge on any atom is -0.355 e. The number of aryl methyl sites for hydroxylation is 1. The maximum absolute atomic E-state index is 12.8. The maximum atomic E-state index is 12.8. The summed E-state index contributed by atoms with van der Waals surface area (Å²) in [7, 11) is -3.38. The summed E-state index contributed by atoms with van der Waals surface area (Å²) in [5, 5.41) is 4.07. The van der Waals surface area contributed by atoms with Gasteiger partial charge in [-0.2, -0.15) is 11.8 Å². The van der Waals surface area contributed by atoms with Crippen molar-refractivity contribution in [3.05, 3.63) is 69.2 Å². The standard InChI is InChI=1S/C23H28Cl2N2O3S2/c1-17-4-2-3-5-20(17)16-32(29,30)27-11-8-19(9-12-27)23(28)26-10-13-31-15-18-6-7-21(24)22(25)14-18/h2-7,14,19H,8-13,15-16H2,1H3,(H,26,28). The molecule has 1 aliphatic heterocycles. The highest BCUT2D eigenvalue weighted by atomic mass is 35.5. The summed E-state index contributed by atoms with van der Waals surface area (Å²) in [6.07, 6.45) is 1.10. The molecule has 1 fully saturated rings. The smallest absolute Gasteiger partial charge is 0.223 e. The molecule has 5 nitrogen and oxygen atoms in total. The van der Waals surface area contributed by atoms with Crippen molar-refractivity contribution in [3.8, 4) is 0 Å². The van der Waals surface area contributed by atoms with Gasteiger partial charge in [0.15, 0.2) is 0 Å². The van der Waals surface area contributed by atoms with Crippen LogP contribution in [0.25, 0.3) is 0 Å². The van der Waals surface area contributed by atoms with Crippen LogP contribution in [0.2, 0.25) is 10.0 Å². The highest BCUT2D eigenvalue weighted by Gasteiger charge is 2.31. The molecule has 1 saturated heterocycles. The van der Waals surface area contributed by atoms with Gasteiger partial charge in [0, 0.05) is 37.1 Å². The summed E-state index contributed by atoms with van der Waals surface area (Å²) in [6, 6.07) is 13.1. The zero-order chi connectivity index (χ0) is 23.1. The number of nitrogens with zero attached hydrogens (tertiary/aromatic N) is 1. The third-order valence-corrected chi connectivity index (χ3v) is 9.21. The van der Waals surface area contributed by atoms with E-state index in [0.717, 1.165) is 28.2 Å². The van der Waals surface area contributed by atoms with E-state index in [9.17, 15) is 13.2 Å². The summed E-state index contributed by atoms with van der Waals surface area (Å²) in [4.78, 5) is 12.5. The molecule has 0 atom stereocenters. The Kier molecular flexibility index (Phi) is 9.32. The highest BCUT2D eigenvalue weighted by Crippen LogP contribution is 2.25. The fourth-order valence-corrected chi connectivity index (χ4v) is 6.46. The number of thioether (sulfide) groups is 1. The lowest BCUT2D eigenvalue weighted by molar-refractivity contribution is -0.125. The highest BCUT2D eigenvalue weighted by molar-refractivity contribution is 7.98. The van der Waals surface area contributed by atoms with E-state index >= 15 is 0 Å². The molecule has 0 aromatic heterocycles. The predicted molar refractivity (Wildman–Crippen MR) is 134 cm³/mol. The van der Waals surface area contributed by atoms with Crippen molar-refractivity contribution in [2.45, 2.75) is 31.3 Å². The van der Waals surface area contributed by atoms with Crippen molar-refractivity contribution >= 4 is 50.9 Å². The molecule has 32 heavy (non-hydrogen) atoms. The minimum atomic E-state index is -3.38. The molecule has 2 aromatic rings. The Morgan fingerprint density at radius 1 is 1.12 bits per heavy atom. The molecule has 0 unspecified atom stereocenters. The van der Waals surface area contributed by atoms with Crippen molar-refractivity contribution in [1.29, 1.82) is 0 Å². The van der Waals surface area contributed by atoms with Gasteiger partial charge in [0.25, 0.3) is 0 Å². The molecule has 9 heteroatoms. The van der Waals surface area contributed by atoms with Gasteiger partial charge >= 0.3 is 0 Å². The Balaban J connectivity index is 1.37. The Hall–Kier alpha value is -1.25. The summed E-state index contributed by atoms with van der Waals surface area (Å²) < 4.78 is 27.1. The Bertz CT molecular complexity index is 1040. The monoisotopic (exact) mass is 514 g/mol. The van der Waals surface area contributed by atoms with Crippen LogP contribution in [0.5, 0.6) is 0 Å². The molecule has 0 bridgehead atoms. The number of carbonyl (C=O) groups excluding carboxylic acids is 1. The van der Waals surface area contributed by atoms with Crippen LogP contribution in [-0.2, 0) is 26.3 Å². The summed E-state index contributed by atoms with van der Waals surface area (Å²) in [5.41, 5.74) is 2.89. The van der Waals surface area contributed by atoms with E-state index in [4.69, 9.17) is 23.2 Å². The number of sulfonamides is 1. The van der Waals surface area contributed by atoms with Crippen molar-refractivity contribution in [2.24, 2.45) is 5.92 Å². The zero-order valence-corrected chi connectivity index (χ0v) is 21.2. The van der Waals surface area contributed by atoms with Crippen LogP contribution in [0.4, 0.5) is 0 Å². The predicted octanol–water partition coefficient (Wildman–Crippen LogP) is 4.89. The van der Waals surface area contributed by atoms with E-state index in [0.29, 0.717) is 42.5 Å². The molecule has 2 aromatic carbocycles. The van der Waals surface area contributed by atoms with E-state index in [1.54, 1.807) is 17.8 Å². The quantitative estimate of drug-likeness (QED) is 0.483. The molecular weight excluding hydrogens is 487 g/mol. The third-order valence-electron chi connectivity index (χ3n) is 5.62. The largest absolute Gasteiger partial charge is 0.355 e. The number of amides is 1. The van der Waals surface area contributed by atoms with Gasteiger partial charge in [0.1, 0.15) is 0 Å². The van der Waals surface area contributed by atoms with Gasteiger partial charge in [0.2, 0.25) is 15.9 Å². The van der Waals surface area contributed by atoms with E-state index in [1.165, 1.54) is 4.31 Å². The van der Waals surface area contributed by atoms with E-state index in [1.807, 2.05) is 43.3 Å². The third kappa shape index (κ3) is 7.12. The molecule has 174 valence electrons. The van der Waals surface area contributed by atoms with Crippen molar-refractivity contribution in [3.63, 3.8) is 0 Å². The topological polar surface area (TPSA) is 66.5 Å². The normalized spacial score (nSPS) is 15.6. The molecule has 0 aliphatic carbocycles. The number of carbonyl (C=O) groups is 1. The van der Waals surface area contributed by atoms with Crippen molar-refractivity contribution in [1.82, 2.24) is 9.62 Å². The molecule has 0 saturated carbocycles. The summed E-state index contributed by atoms with van der Waals surface area (Å²) in [6.45, 7) is 3.28. The first-order chi connectivity index (χ1) is 15.3. The summed E-state index contributed by atoms with van der Waals surface area (Å²) in [5.74, 6) is 1.46. The first kappa shape index (κ1) is 25.4. The van der Waals surface area contributed by atoms with Crippen LogP contribution >= 0.6 is 35.0 Å². The number of hydrogen-bond acceptors (Lipinski definition) is 4. The van der Waals surface area contributed by atoms with Crippen LogP contribution in [0.1, 0.15) is 29.5 Å². The first-order valence-corrected chi connectivity index (χ1v) is 14.1. The molecule has 1 amide bonds. The fourth-order valence-electron chi connectivity index (χ4n) is 3.67. The van der Waals surface area contributed by atoms with E-state index in [2.05, 4.69) is 5.32 Å². The average molecular weight is 516 g/mol. The minimum absolute atomic E-state index is 0.00654. The number of benzene rings is 2. The van der Waals surface area contributed by atoms with Crippen molar-refractivity contribution in [2.75, 3.05) is 25.4 Å².